The largest absolute Gasteiger partial charge is 0.493 e. The summed E-state index contributed by atoms with van der Waals surface area (Å²) in [5.74, 6) is 0.840. The second-order valence-electron chi connectivity index (χ2n) is 5.02. The fourth-order valence-corrected chi connectivity index (χ4v) is 2.47. The highest BCUT2D eigenvalue weighted by Gasteiger charge is 2.09. The normalized spacial score (nSPS) is 10.8. The van der Waals surface area contributed by atoms with Crippen molar-refractivity contribution in [3.05, 3.63) is 48.5 Å². The molecule has 26 heavy (non-hydrogen) atoms. The van der Waals surface area contributed by atoms with E-state index in [4.69, 9.17) is 24.1 Å². The molecule has 140 valence electrons. The first-order chi connectivity index (χ1) is 12.4. The van der Waals surface area contributed by atoms with E-state index in [0.717, 1.165) is 0 Å². The third-order valence-electron chi connectivity index (χ3n) is 3.18. The molecule has 2 N–H and O–H groups in total. The van der Waals surface area contributed by atoms with Crippen molar-refractivity contribution < 1.29 is 32.2 Å². The van der Waals surface area contributed by atoms with E-state index in [-0.39, 0.29) is 24.7 Å². The maximum atomic E-state index is 11.7. The Kier molecular flexibility index (Phi) is 6.81. The number of para-hydroxylation sites is 2. The van der Waals surface area contributed by atoms with Gasteiger partial charge < -0.3 is 18.9 Å². The first-order valence-corrected chi connectivity index (χ1v) is 9.12. The first-order valence-electron chi connectivity index (χ1n) is 7.57. The highest BCUT2D eigenvalue weighted by Crippen LogP contribution is 2.25. The van der Waals surface area contributed by atoms with Crippen molar-refractivity contribution in [1.82, 2.24) is 0 Å². The highest BCUT2D eigenvalue weighted by molar-refractivity contribution is 7.89. The fraction of sp³-hybridized carbons (Fsp3) is 0.235. The number of benzene rings is 2. The third-order valence-corrected chi connectivity index (χ3v) is 4.11. The Labute approximate surface area is 151 Å². The van der Waals surface area contributed by atoms with E-state index in [0.29, 0.717) is 17.2 Å². The van der Waals surface area contributed by atoms with Crippen molar-refractivity contribution >= 4 is 16.0 Å². The van der Waals surface area contributed by atoms with Crippen LogP contribution in [0.4, 0.5) is 0 Å². The lowest BCUT2D eigenvalue weighted by Gasteiger charge is -2.10. The minimum absolute atomic E-state index is 0.00948. The van der Waals surface area contributed by atoms with Crippen molar-refractivity contribution in [3.63, 3.8) is 0 Å². The van der Waals surface area contributed by atoms with Gasteiger partial charge in [0.15, 0.2) is 18.1 Å². The standard InChI is InChI=1S/C17H19NO7S/c1-22-15-4-2-3-5-16(15)25-12-17(19)24-11-10-23-13-6-8-14(9-7-13)26(18,20)21/h2-9H,10-12H2,1H3,(H2,18,20,21). The fourth-order valence-electron chi connectivity index (χ4n) is 1.96. The molecular weight excluding hydrogens is 362 g/mol. The summed E-state index contributed by atoms with van der Waals surface area (Å²) in [4.78, 5) is 11.6. The summed E-state index contributed by atoms with van der Waals surface area (Å²) < 4.78 is 43.1. The molecule has 9 heteroatoms. The number of hydrogen-bond acceptors (Lipinski definition) is 7. The number of primary sulfonamides is 1. The molecule has 0 aliphatic carbocycles. The van der Waals surface area contributed by atoms with Gasteiger partial charge in [-0.05, 0) is 36.4 Å². The van der Waals surface area contributed by atoms with E-state index in [1.807, 2.05) is 0 Å². The molecule has 0 saturated heterocycles. The summed E-state index contributed by atoms with van der Waals surface area (Å²) in [6, 6.07) is 12.5. The predicted molar refractivity (Wildman–Crippen MR) is 92.8 cm³/mol. The Morgan fingerprint density at radius 1 is 0.962 bits per heavy atom. The van der Waals surface area contributed by atoms with Gasteiger partial charge >= 0.3 is 5.97 Å². The van der Waals surface area contributed by atoms with Crippen LogP contribution < -0.4 is 19.3 Å². The summed E-state index contributed by atoms with van der Waals surface area (Å²) in [7, 11) is -2.23. The number of carbonyl (C=O) groups excluding carboxylic acids is 1. The molecule has 8 nitrogen and oxygen atoms in total. The quantitative estimate of drug-likeness (QED) is 0.515. The summed E-state index contributed by atoms with van der Waals surface area (Å²) in [5.41, 5.74) is 0. The van der Waals surface area contributed by atoms with Crippen molar-refractivity contribution in [2.45, 2.75) is 4.90 Å². The number of sulfonamides is 1. The molecule has 0 amide bonds. The number of methoxy groups -OCH3 is 1. The van der Waals surface area contributed by atoms with Gasteiger partial charge in [-0.3, -0.25) is 0 Å². The van der Waals surface area contributed by atoms with Crippen LogP contribution in [0.1, 0.15) is 0 Å². The van der Waals surface area contributed by atoms with E-state index < -0.39 is 16.0 Å². The van der Waals surface area contributed by atoms with Gasteiger partial charge in [-0.15, -0.1) is 0 Å². The van der Waals surface area contributed by atoms with Crippen LogP contribution in [0.25, 0.3) is 0 Å². The predicted octanol–water partition coefficient (Wildman–Crippen LogP) is 1.34. The van der Waals surface area contributed by atoms with Gasteiger partial charge in [-0.1, -0.05) is 12.1 Å². The van der Waals surface area contributed by atoms with E-state index in [1.54, 1.807) is 24.3 Å². The Morgan fingerprint density at radius 3 is 2.23 bits per heavy atom. The Morgan fingerprint density at radius 2 is 1.62 bits per heavy atom. The molecule has 0 saturated carbocycles. The molecule has 2 aromatic carbocycles. The van der Waals surface area contributed by atoms with Gasteiger partial charge in [0.2, 0.25) is 10.0 Å². The average Bonchev–Trinajstić information content (AvgIpc) is 2.63. The number of ether oxygens (including phenoxy) is 4. The number of nitrogens with two attached hydrogens (primary N) is 1. The van der Waals surface area contributed by atoms with Crippen LogP contribution in [0.2, 0.25) is 0 Å². The lowest BCUT2D eigenvalue weighted by atomic mass is 10.3. The van der Waals surface area contributed by atoms with E-state index >= 15 is 0 Å². The van der Waals surface area contributed by atoms with Gasteiger partial charge in [0.05, 0.1) is 12.0 Å². The van der Waals surface area contributed by atoms with E-state index in [1.165, 1.54) is 31.4 Å². The van der Waals surface area contributed by atoms with Gasteiger partial charge in [-0.2, -0.15) is 0 Å². The van der Waals surface area contributed by atoms with Gasteiger partial charge in [0.1, 0.15) is 19.0 Å². The Hall–Kier alpha value is -2.78. The molecule has 0 radical (unpaired) electrons. The molecular formula is C17H19NO7S. The topological polar surface area (TPSA) is 114 Å². The zero-order valence-corrected chi connectivity index (χ0v) is 14.9. The summed E-state index contributed by atoms with van der Waals surface area (Å²) >= 11 is 0. The molecule has 0 aromatic heterocycles. The minimum Gasteiger partial charge on any atom is -0.493 e. The van der Waals surface area contributed by atoms with Crippen LogP contribution >= 0.6 is 0 Å². The summed E-state index contributed by atoms with van der Waals surface area (Å²) in [5, 5.41) is 5.00. The first kappa shape index (κ1) is 19.5. The summed E-state index contributed by atoms with van der Waals surface area (Å²) in [6.45, 7) is -0.135. The average molecular weight is 381 g/mol. The van der Waals surface area contributed by atoms with E-state index in [9.17, 15) is 13.2 Å². The molecule has 0 bridgehead atoms. The van der Waals surface area contributed by atoms with Gasteiger partial charge in [-0.25, -0.2) is 18.4 Å². The number of rotatable bonds is 9. The Bertz CT molecular complexity index is 834. The molecule has 0 heterocycles. The zero-order chi connectivity index (χ0) is 19.0. The monoisotopic (exact) mass is 381 g/mol. The molecule has 0 aliphatic rings. The van der Waals surface area contributed by atoms with Crippen molar-refractivity contribution in [2.24, 2.45) is 5.14 Å². The zero-order valence-electron chi connectivity index (χ0n) is 14.1. The lowest BCUT2D eigenvalue weighted by molar-refractivity contribution is -0.146. The Balaban J connectivity index is 1.70. The number of carbonyl (C=O) groups is 1. The molecule has 0 aliphatic heterocycles. The smallest absolute Gasteiger partial charge is 0.344 e. The van der Waals surface area contributed by atoms with Crippen LogP contribution in [0, 0.1) is 0 Å². The molecule has 2 rings (SSSR count). The second kappa shape index (κ2) is 9.07. The maximum Gasteiger partial charge on any atom is 0.344 e. The van der Waals surface area contributed by atoms with Crippen molar-refractivity contribution in [1.29, 1.82) is 0 Å². The maximum absolute atomic E-state index is 11.7. The van der Waals surface area contributed by atoms with Gasteiger partial charge in [0.25, 0.3) is 0 Å². The molecule has 0 fully saturated rings. The molecule has 0 unspecified atom stereocenters. The highest BCUT2D eigenvalue weighted by atomic mass is 32.2. The molecule has 0 spiro atoms. The van der Waals surface area contributed by atoms with Crippen molar-refractivity contribution in [2.75, 3.05) is 26.9 Å². The van der Waals surface area contributed by atoms with E-state index in [2.05, 4.69) is 0 Å². The second-order valence-corrected chi connectivity index (χ2v) is 6.59. The number of esters is 1. The SMILES string of the molecule is COc1ccccc1OCC(=O)OCCOc1ccc(S(N)(=O)=O)cc1. The van der Waals surface area contributed by atoms with Crippen LogP contribution in [0.15, 0.2) is 53.4 Å². The summed E-state index contributed by atoms with van der Waals surface area (Å²) in [6.07, 6.45) is 0. The van der Waals surface area contributed by atoms with Crippen LogP contribution in [-0.4, -0.2) is 41.3 Å². The molecule has 0 atom stereocenters. The third kappa shape index (κ3) is 5.94. The van der Waals surface area contributed by atoms with Crippen LogP contribution in [0.3, 0.4) is 0 Å². The lowest BCUT2D eigenvalue weighted by Crippen LogP contribution is -2.18. The van der Waals surface area contributed by atoms with Gasteiger partial charge in [0, 0.05) is 0 Å². The minimum atomic E-state index is -3.74. The number of hydrogen-bond donors (Lipinski definition) is 1. The molecule has 2 aromatic rings. The van der Waals surface area contributed by atoms with Crippen molar-refractivity contribution in [3.8, 4) is 17.2 Å². The van der Waals surface area contributed by atoms with Crippen LogP contribution in [-0.2, 0) is 19.6 Å². The van der Waals surface area contributed by atoms with Crippen LogP contribution in [0.5, 0.6) is 17.2 Å².